The summed E-state index contributed by atoms with van der Waals surface area (Å²) in [5.41, 5.74) is -0.498. The molecule has 1 amide bonds. The van der Waals surface area contributed by atoms with E-state index in [-0.39, 0.29) is 24.4 Å². The lowest BCUT2D eigenvalue weighted by Crippen LogP contribution is -2.33. The number of nitro benzene ring substituents is 1. The molecule has 0 aliphatic rings. The molecular weight excluding hydrogens is 280 g/mol. The van der Waals surface area contributed by atoms with Gasteiger partial charge < -0.3 is 14.4 Å². The smallest absolute Gasteiger partial charge is 0.325 e. The van der Waals surface area contributed by atoms with Crippen molar-refractivity contribution in [3.05, 3.63) is 33.9 Å². The lowest BCUT2D eigenvalue weighted by Gasteiger charge is -2.16. The Morgan fingerprint density at radius 1 is 1.38 bits per heavy atom. The highest BCUT2D eigenvalue weighted by Crippen LogP contribution is 2.25. The topological polar surface area (TPSA) is 99.0 Å². The molecule has 0 aromatic heterocycles. The van der Waals surface area contributed by atoms with Crippen LogP contribution in [0.1, 0.15) is 17.3 Å². The van der Waals surface area contributed by atoms with Crippen LogP contribution < -0.4 is 4.74 Å². The van der Waals surface area contributed by atoms with E-state index in [0.717, 1.165) is 4.90 Å². The van der Waals surface area contributed by atoms with Crippen molar-refractivity contribution in [1.82, 2.24) is 4.90 Å². The molecular formula is C13H16N2O6. The van der Waals surface area contributed by atoms with E-state index in [0.29, 0.717) is 5.75 Å². The SMILES string of the molecule is CCOC(=O)CN(C)C(=O)c1cc(OC)ccc1[N+](=O)[O-]. The first-order chi connectivity index (χ1) is 9.90. The number of hydrogen-bond donors (Lipinski definition) is 0. The zero-order valence-electron chi connectivity index (χ0n) is 12.0. The van der Waals surface area contributed by atoms with Gasteiger partial charge in [-0.15, -0.1) is 0 Å². The number of hydrogen-bond acceptors (Lipinski definition) is 6. The first-order valence-corrected chi connectivity index (χ1v) is 6.14. The second-order valence-corrected chi connectivity index (χ2v) is 4.11. The zero-order valence-corrected chi connectivity index (χ0v) is 12.0. The van der Waals surface area contributed by atoms with Crippen LogP contribution >= 0.6 is 0 Å². The maximum absolute atomic E-state index is 12.2. The summed E-state index contributed by atoms with van der Waals surface area (Å²) in [4.78, 5) is 35.0. The molecule has 1 aromatic carbocycles. The fraction of sp³-hybridized carbons (Fsp3) is 0.385. The van der Waals surface area contributed by atoms with Gasteiger partial charge in [-0.25, -0.2) is 0 Å². The van der Waals surface area contributed by atoms with Crippen LogP contribution in [0.4, 0.5) is 5.69 Å². The summed E-state index contributed by atoms with van der Waals surface area (Å²) in [6.07, 6.45) is 0. The molecule has 0 saturated carbocycles. The minimum atomic E-state index is -0.662. The molecule has 8 nitrogen and oxygen atoms in total. The summed E-state index contributed by atoms with van der Waals surface area (Å²) in [7, 11) is 2.75. The maximum Gasteiger partial charge on any atom is 0.325 e. The first-order valence-electron chi connectivity index (χ1n) is 6.14. The van der Waals surface area contributed by atoms with Crippen molar-refractivity contribution in [2.75, 3.05) is 27.3 Å². The van der Waals surface area contributed by atoms with Gasteiger partial charge in [0.15, 0.2) is 0 Å². The number of carbonyl (C=O) groups excluding carboxylic acids is 2. The lowest BCUT2D eigenvalue weighted by atomic mass is 10.1. The van der Waals surface area contributed by atoms with E-state index in [9.17, 15) is 19.7 Å². The second kappa shape index (κ2) is 7.22. The summed E-state index contributed by atoms with van der Waals surface area (Å²) in [6, 6.07) is 3.84. The van der Waals surface area contributed by atoms with E-state index in [2.05, 4.69) is 0 Å². The van der Waals surface area contributed by atoms with Gasteiger partial charge in [-0.3, -0.25) is 19.7 Å². The molecule has 0 N–H and O–H groups in total. The summed E-state index contributed by atoms with van der Waals surface area (Å²) in [5.74, 6) is -0.930. The van der Waals surface area contributed by atoms with Gasteiger partial charge in [-0.05, 0) is 19.1 Å². The van der Waals surface area contributed by atoms with Crippen molar-refractivity contribution in [3.8, 4) is 5.75 Å². The molecule has 8 heteroatoms. The van der Waals surface area contributed by atoms with Crippen molar-refractivity contribution in [2.24, 2.45) is 0 Å². The fourth-order valence-corrected chi connectivity index (χ4v) is 1.65. The molecule has 0 unspecified atom stereocenters. The molecule has 0 spiro atoms. The van der Waals surface area contributed by atoms with Gasteiger partial charge in [0.1, 0.15) is 17.9 Å². The van der Waals surface area contributed by atoms with Gasteiger partial charge >= 0.3 is 5.97 Å². The molecule has 1 rings (SSSR count). The Morgan fingerprint density at radius 2 is 2.05 bits per heavy atom. The quantitative estimate of drug-likeness (QED) is 0.445. The van der Waals surface area contributed by atoms with Gasteiger partial charge in [-0.2, -0.15) is 0 Å². The molecule has 0 aliphatic heterocycles. The van der Waals surface area contributed by atoms with E-state index >= 15 is 0 Å². The highest BCUT2D eigenvalue weighted by molar-refractivity contribution is 5.99. The standard InChI is InChI=1S/C13H16N2O6/c1-4-21-12(16)8-14(2)13(17)10-7-9(20-3)5-6-11(10)15(18)19/h5-7H,4,8H2,1-3H3. The van der Waals surface area contributed by atoms with Crippen molar-refractivity contribution < 1.29 is 24.0 Å². The largest absolute Gasteiger partial charge is 0.497 e. The Kier molecular flexibility index (Phi) is 5.65. The number of carbonyl (C=O) groups is 2. The molecule has 0 saturated heterocycles. The molecule has 1 aromatic rings. The predicted octanol–water partition coefficient (Wildman–Crippen LogP) is 1.24. The summed E-state index contributed by atoms with van der Waals surface area (Å²) < 4.78 is 9.68. The van der Waals surface area contributed by atoms with E-state index < -0.39 is 16.8 Å². The van der Waals surface area contributed by atoms with Gasteiger partial charge in [0, 0.05) is 13.1 Å². The minimum absolute atomic E-state index is 0.147. The molecule has 21 heavy (non-hydrogen) atoms. The normalized spacial score (nSPS) is 9.86. The number of ether oxygens (including phenoxy) is 2. The summed E-state index contributed by atoms with van der Waals surface area (Å²) in [5, 5.41) is 11.0. The zero-order chi connectivity index (χ0) is 16.0. The first kappa shape index (κ1) is 16.4. The number of methoxy groups -OCH3 is 1. The van der Waals surface area contributed by atoms with Gasteiger partial charge in [0.05, 0.1) is 18.6 Å². The monoisotopic (exact) mass is 296 g/mol. The Hall–Kier alpha value is -2.64. The van der Waals surface area contributed by atoms with Crippen LogP contribution in [-0.2, 0) is 9.53 Å². The molecule has 114 valence electrons. The molecule has 0 bridgehead atoms. The van der Waals surface area contributed by atoms with Gasteiger partial charge in [0.2, 0.25) is 0 Å². The lowest BCUT2D eigenvalue weighted by molar-refractivity contribution is -0.385. The average Bonchev–Trinajstić information content (AvgIpc) is 2.45. The minimum Gasteiger partial charge on any atom is -0.497 e. The number of nitrogens with zero attached hydrogens (tertiary/aromatic N) is 2. The number of amides is 1. The molecule has 0 aliphatic carbocycles. The summed E-state index contributed by atoms with van der Waals surface area (Å²) >= 11 is 0. The van der Waals surface area contributed by atoms with E-state index in [1.807, 2.05) is 0 Å². The van der Waals surface area contributed by atoms with Crippen LogP contribution in [0.15, 0.2) is 18.2 Å². The Morgan fingerprint density at radius 3 is 2.57 bits per heavy atom. The van der Waals surface area contributed by atoms with Crippen molar-refractivity contribution >= 4 is 17.6 Å². The highest BCUT2D eigenvalue weighted by Gasteiger charge is 2.25. The third kappa shape index (κ3) is 4.16. The molecule has 0 radical (unpaired) electrons. The average molecular weight is 296 g/mol. The maximum atomic E-state index is 12.2. The number of nitro groups is 1. The third-order valence-electron chi connectivity index (χ3n) is 2.65. The van der Waals surface area contributed by atoms with Gasteiger partial charge in [0.25, 0.3) is 11.6 Å². The number of rotatable bonds is 6. The second-order valence-electron chi connectivity index (χ2n) is 4.11. The van der Waals surface area contributed by atoms with Crippen LogP contribution in [0.25, 0.3) is 0 Å². The van der Waals surface area contributed by atoms with Crippen LogP contribution in [0.3, 0.4) is 0 Å². The third-order valence-corrected chi connectivity index (χ3v) is 2.65. The van der Waals surface area contributed by atoms with E-state index in [4.69, 9.17) is 9.47 Å². The number of esters is 1. The Balaban J connectivity index is 3.04. The van der Waals surface area contributed by atoms with Crippen molar-refractivity contribution in [1.29, 1.82) is 0 Å². The number of benzene rings is 1. The van der Waals surface area contributed by atoms with Crippen molar-refractivity contribution in [2.45, 2.75) is 6.92 Å². The van der Waals surface area contributed by atoms with E-state index in [1.165, 1.54) is 32.4 Å². The predicted molar refractivity (Wildman–Crippen MR) is 73.2 cm³/mol. The van der Waals surface area contributed by atoms with Crippen LogP contribution in [0, 0.1) is 10.1 Å². The van der Waals surface area contributed by atoms with Crippen LogP contribution in [0.5, 0.6) is 5.75 Å². The highest BCUT2D eigenvalue weighted by atomic mass is 16.6. The molecule has 0 fully saturated rings. The molecule has 0 atom stereocenters. The van der Waals surface area contributed by atoms with Gasteiger partial charge in [-0.1, -0.05) is 0 Å². The van der Waals surface area contributed by atoms with E-state index in [1.54, 1.807) is 6.92 Å². The van der Waals surface area contributed by atoms with Crippen LogP contribution in [0.2, 0.25) is 0 Å². The number of likely N-dealkylation sites (N-methyl/N-ethyl adjacent to an activating group) is 1. The fourth-order valence-electron chi connectivity index (χ4n) is 1.65. The van der Waals surface area contributed by atoms with Crippen molar-refractivity contribution in [3.63, 3.8) is 0 Å². The molecule has 0 heterocycles. The Labute approximate surface area is 121 Å². The van der Waals surface area contributed by atoms with Crippen LogP contribution in [-0.4, -0.2) is 49.0 Å². The Bertz CT molecular complexity index is 558. The summed E-state index contributed by atoms with van der Waals surface area (Å²) in [6.45, 7) is 1.55.